The minimum atomic E-state index is 0. The minimum Gasteiger partial charge on any atom is -0.370 e. The number of aromatic nitrogens is 4. The van der Waals surface area contributed by atoms with Gasteiger partial charge in [0.1, 0.15) is 6.54 Å². The van der Waals surface area contributed by atoms with Crippen LogP contribution in [0.2, 0.25) is 0 Å². The summed E-state index contributed by atoms with van der Waals surface area (Å²) >= 11 is 0. The number of nitrogens with zero attached hydrogens (tertiary/aromatic N) is 6. The molecule has 1 aliphatic heterocycles. The molecule has 1 atom stereocenters. The van der Waals surface area contributed by atoms with E-state index in [1.165, 1.54) is 24.2 Å². The first-order chi connectivity index (χ1) is 9.19. The number of likely N-dealkylation sites (tertiary alicyclic amines) is 1. The summed E-state index contributed by atoms with van der Waals surface area (Å²) in [5.74, 6) is 1.01. The van der Waals surface area contributed by atoms with E-state index in [9.17, 15) is 0 Å². The van der Waals surface area contributed by atoms with Crippen LogP contribution < -0.4 is 11.1 Å². The maximum absolute atomic E-state index is 5.83. The molecule has 0 amide bonds. The zero-order valence-corrected chi connectivity index (χ0v) is 14.3. The largest absolute Gasteiger partial charge is 0.370 e. The van der Waals surface area contributed by atoms with E-state index in [0.29, 0.717) is 24.4 Å². The molecule has 0 aromatic carbocycles. The van der Waals surface area contributed by atoms with Gasteiger partial charge in [0.15, 0.2) is 11.8 Å². The number of hydrogen-bond donors (Lipinski definition) is 2. The van der Waals surface area contributed by atoms with Gasteiger partial charge in [-0.1, -0.05) is 6.92 Å². The van der Waals surface area contributed by atoms with Crippen LogP contribution in [0.5, 0.6) is 0 Å². The molecule has 0 aliphatic carbocycles. The molecule has 1 unspecified atom stereocenters. The van der Waals surface area contributed by atoms with Crippen LogP contribution in [-0.2, 0) is 13.6 Å². The van der Waals surface area contributed by atoms with Crippen LogP contribution in [0.4, 0.5) is 0 Å². The van der Waals surface area contributed by atoms with Crippen LogP contribution in [0.3, 0.4) is 0 Å². The molecule has 1 aromatic rings. The molecule has 9 heteroatoms. The van der Waals surface area contributed by atoms with Crippen molar-refractivity contribution in [3.8, 4) is 0 Å². The fourth-order valence-electron chi connectivity index (χ4n) is 2.36. The Hall–Kier alpha value is -0.970. The smallest absolute Gasteiger partial charge is 0.196 e. The SMILES string of the molecule is CCN1CCCC1CNC(N)=NCc1nnn(C)n1.I. The van der Waals surface area contributed by atoms with Crippen LogP contribution in [-0.4, -0.2) is 56.7 Å². The summed E-state index contributed by atoms with van der Waals surface area (Å²) in [5.41, 5.74) is 5.83. The lowest BCUT2D eigenvalue weighted by molar-refractivity contribution is 0.267. The van der Waals surface area contributed by atoms with Crippen molar-refractivity contribution < 1.29 is 0 Å². The third-order valence-corrected chi connectivity index (χ3v) is 3.36. The maximum Gasteiger partial charge on any atom is 0.196 e. The Labute approximate surface area is 136 Å². The van der Waals surface area contributed by atoms with Gasteiger partial charge in [0.2, 0.25) is 0 Å². The molecule has 1 saturated heterocycles. The summed E-state index contributed by atoms with van der Waals surface area (Å²) < 4.78 is 0. The second-order valence-electron chi connectivity index (χ2n) is 4.70. The van der Waals surface area contributed by atoms with Gasteiger partial charge in [-0.05, 0) is 31.1 Å². The molecule has 20 heavy (non-hydrogen) atoms. The third-order valence-electron chi connectivity index (χ3n) is 3.36. The van der Waals surface area contributed by atoms with Crippen molar-refractivity contribution in [2.24, 2.45) is 17.8 Å². The second kappa shape index (κ2) is 8.35. The number of aryl methyl sites for hydroxylation is 1. The van der Waals surface area contributed by atoms with Crippen LogP contribution >= 0.6 is 24.0 Å². The van der Waals surface area contributed by atoms with Gasteiger partial charge in [0.25, 0.3) is 0 Å². The summed E-state index contributed by atoms with van der Waals surface area (Å²) in [7, 11) is 1.72. The number of hydrogen-bond acceptors (Lipinski definition) is 5. The first kappa shape index (κ1) is 17.1. The number of nitrogens with two attached hydrogens (primary N) is 1. The first-order valence-electron chi connectivity index (χ1n) is 6.69. The average molecular weight is 394 g/mol. The summed E-state index contributed by atoms with van der Waals surface area (Å²) in [5, 5.41) is 14.8. The van der Waals surface area contributed by atoms with Crippen LogP contribution in [0.25, 0.3) is 0 Å². The summed E-state index contributed by atoms with van der Waals surface area (Å²) in [6.45, 7) is 5.66. The lowest BCUT2D eigenvalue weighted by Gasteiger charge is -2.23. The number of likely N-dealkylation sites (N-methyl/N-ethyl adjacent to an activating group) is 1. The monoisotopic (exact) mass is 394 g/mol. The van der Waals surface area contributed by atoms with Crippen molar-refractivity contribution in [3.63, 3.8) is 0 Å². The lowest BCUT2D eigenvalue weighted by Crippen LogP contribution is -2.42. The van der Waals surface area contributed by atoms with Crippen molar-refractivity contribution in [2.45, 2.75) is 32.4 Å². The highest BCUT2D eigenvalue weighted by Crippen LogP contribution is 2.15. The van der Waals surface area contributed by atoms with Gasteiger partial charge in [-0.2, -0.15) is 4.80 Å². The average Bonchev–Trinajstić information content (AvgIpc) is 3.02. The van der Waals surface area contributed by atoms with Gasteiger partial charge in [0.05, 0.1) is 7.05 Å². The van der Waals surface area contributed by atoms with Gasteiger partial charge in [-0.3, -0.25) is 4.90 Å². The molecule has 0 saturated carbocycles. The molecule has 1 aromatic heterocycles. The number of aliphatic imine (C=N–C) groups is 1. The normalized spacial score (nSPS) is 19.9. The fraction of sp³-hybridized carbons (Fsp3) is 0.818. The highest BCUT2D eigenvalue weighted by Gasteiger charge is 2.22. The van der Waals surface area contributed by atoms with Crippen molar-refractivity contribution >= 4 is 29.9 Å². The Bertz CT molecular complexity index is 432. The number of guanidine groups is 1. The molecule has 0 radical (unpaired) electrons. The number of rotatable bonds is 5. The highest BCUT2D eigenvalue weighted by atomic mass is 127. The van der Waals surface area contributed by atoms with Gasteiger partial charge in [0, 0.05) is 12.6 Å². The summed E-state index contributed by atoms with van der Waals surface area (Å²) in [4.78, 5) is 8.08. The molecule has 114 valence electrons. The summed E-state index contributed by atoms with van der Waals surface area (Å²) in [6, 6.07) is 0.563. The second-order valence-corrected chi connectivity index (χ2v) is 4.70. The predicted octanol–water partition coefficient (Wildman–Crippen LogP) is -0.283. The van der Waals surface area contributed by atoms with Crippen molar-refractivity contribution in [3.05, 3.63) is 5.82 Å². The fourth-order valence-corrected chi connectivity index (χ4v) is 2.36. The van der Waals surface area contributed by atoms with Gasteiger partial charge < -0.3 is 11.1 Å². The summed E-state index contributed by atoms with van der Waals surface area (Å²) in [6.07, 6.45) is 2.49. The topological polar surface area (TPSA) is 97.2 Å². The Kier molecular flexibility index (Phi) is 7.13. The van der Waals surface area contributed by atoms with Crippen molar-refractivity contribution in [1.82, 2.24) is 30.4 Å². The van der Waals surface area contributed by atoms with E-state index in [-0.39, 0.29) is 24.0 Å². The highest BCUT2D eigenvalue weighted by molar-refractivity contribution is 14.0. The molecule has 2 rings (SSSR count). The number of tetrazole rings is 1. The zero-order chi connectivity index (χ0) is 13.7. The van der Waals surface area contributed by atoms with E-state index >= 15 is 0 Å². The third kappa shape index (κ3) is 4.85. The molecule has 2 heterocycles. The maximum atomic E-state index is 5.83. The molecule has 8 nitrogen and oxygen atoms in total. The van der Waals surface area contributed by atoms with Crippen LogP contribution in [0, 0.1) is 0 Å². The molecular weight excluding hydrogens is 371 g/mol. The Morgan fingerprint density at radius 3 is 3.00 bits per heavy atom. The quantitative estimate of drug-likeness (QED) is 0.405. The van der Waals surface area contributed by atoms with Crippen LogP contribution in [0.15, 0.2) is 4.99 Å². The van der Waals surface area contributed by atoms with Gasteiger partial charge in [-0.25, -0.2) is 4.99 Å². The van der Waals surface area contributed by atoms with Crippen molar-refractivity contribution in [2.75, 3.05) is 19.6 Å². The van der Waals surface area contributed by atoms with Crippen molar-refractivity contribution in [1.29, 1.82) is 0 Å². The van der Waals surface area contributed by atoms with Gasteiger partial charge >= 0.3 is 0 Å². The van der Waals surface area contributed by atoms with E-state index in [4.69, 9.17) is 5.73 Å². The lowest BCUT2D eigenvalue weighted by atomic mass is 10.2. The van der Waals surface area contributed by atoms with E-state index in [1.807, 2.05) is 0 Å². The molecule has 1 aliphatic rings. The standard InChI is InChI=1S/C11H22N8.HI/c1-3-19-6-4-5-9(19)7-13-11(12)14-8-10-15-17-18(2)16-10;/h9H,3-8H2,1-2H3,(H3,12,13,14);1H. The van der Waals surface area contributed by atoms with E-state index < -0.39 is 0 Å². The Balaban J connectivity index is 0.00000200. The van der Waals surface area contributed by atoms with E-state index in [1.54, 1.807) is 7.05 Å². The molecule has 3 N–H and O–H groups in total. The number of halogens is 1. The molecule has 1 fully saturated rings. The van der Waals surface area contributed by atoms with Gasteiger partial charge in [-0.15, -0.1) is 34.2 Å². The molecule has 0 spiro atoms. The minimum absolute atomic E-state index is 0. The van der Waals surface area contributed by atoms with Crippen LogP contribution in [0.1, 0.15) is 25.6 Å². The predicted molar refractivity (Wildman–Crippen MR) is 87.8 cm³/mol. The van der Waals surface area contributed by atoms with E-state index in [0.717, 1.165) is 13.1 Å². The zero-order valence-electron chi connectivity index (χ0n) is 12.0. The number of nitrogens with one attached hydrogen (secondary N) is 1. The Morgan fingerprint density at radius 1 is 1.55 bits per heavy atom. The Morgan fingerprint density at radius 2 is 2.35 bits per heavy atom. The molecular formula is C11H23IN8. The first-order valence-corrected chi connectivity index (χ1v) is 6.69. The molecule has 0 bridgehead atoms. The van der Waals surface area contributed by atoms with E-state index in [2.05, 4.69) is 37.5 Å².